The number of halogens is 3. The Morgan fingerprint density at radius 2 is 1.87 bits per heavy atom. The van der Waals surface area contributed by atoms with Crippen LogP contribution in [0.15, 0.2) is 53.4 Å². The molecule has 0 radical (unpaired) electrons. The van der Waals surface area contributed by atoms with Crippen LogP contribution in [-0.2, 0) is 16.2 Å². The van der Waals surface area contributed by atoms with Crippen LogP contribution in [0.25, 0.3) is 0 Å². The maximum Gasteiger partial charge on any atom is 0.416 e. The minimum Gasteiger partial charge on any atom is -0.486 e. The number of unbranched alkanes of at least 4 members (excludes halogenated alkanes) is 2. The summed E-state index contributed by atoms with van der Waals surface area (Å²) in [4.78, 5) is -0.383. The number of benzene rings is 2. The second-order valence-electron chi connectivity index (χ2n) is 7.66. The van der Waals surface area contributed by atoms with Crippen molar-refractivity contribution in [3.8, 4) is 5.75 Å². The van der Waals surface area contributed by atoms with Gasteiger partial charge in [-0.15, -0.1) is 0 Å². The number of fused-ring (bicyclic) bond motifs is 1. The van der Waals surface area contributed by atoms with Crippen LogP contribution in [0, 0.1) is 5.92 Å². The Morgan fingerprint density at radius 3 is 2.57 bits per heavy atom. The monoisotopic (exact) mass is 441 g/mol. The summed E-state index contributed by atoms with van der Waals surface area (Å²) in [7, 11) is -4.20. The molecule has 1 aliphatic heterocycles. The molecule has 8 heteroatoms. The van der Waals surface area contributed by atoms with Gasteiger partial charge in [0, 0.05) is 0 Å². The van der Waals surface area contributed by atoms with E-state index in [1.54, 1.807) is 24.3 Å². The van der Waals surface area contributed by atoms with E-state index in [4.69, 9.17) is 4.74 Å². The molecule has 0 aromatic heterocycles. The molecule has 2 atom stereocenters. The normalized spacial score (nSPS) is 17.9. The fourth-order valence-electron chi connectivity index (χ4n) is 3.61. The SMILES string of the molecule is CCCCCC(C)C1CN(S(=O)(=O)c2cccc(C(F)(F)F)c2)c2ccccc2O1. The first-order valence-corrected chi connectivity index (χ1v) is 11.5. The highest BCUT2D eigenvalue weighted by atomic mass is 32.2. The van der Waals surface area contributed by atoms with E-state index in [1.807, 2.05) is 6.92 Å². The largest absolute Gasteiger partial charge is 0.486 e. The van der Waals surface area contributed by atoms with Crippen LogP contribution in [0.2, 0.25) is 0 Å². The van der Waals surface area contributed by atoms with Crippen molar-refractivity contribution in [3.63, 3.8) is 0 Å². The fourth-order valence-corrected chi connectivity index (χ4v) is 5.14. The first-order valence-electron chi connectivity index (χ1n) is 10.1. The van der Waals surface area contributed by atoms with Gasteiger partial charge in [0.15, 0.2) is 0 Å². The molecule has 0 saturated carbocycles. The van der Waals surface area contributed by atoms with Crippen LogP contribution in [0.5, 0.6) is 5.75 Å². The first-order chi connectivity index (χ1) is 14.1. The molecule has 0 fully saturated rings. The standard InChI is InChI=1S/C22H26F3NO3S/c1-3-4-5-9-16(2)21-15-26(19-12-6-7-13-20(19)29-21)30(27,28)18-11-8-10-17(14-18)22(23,24)25/h6-8,10-14,16,21H,3-5,9,15H2,1-2H3. The van der Waals surface area contributed by atoms with E-state index in [1.165, 1.54) is 10.4 Å². The average molecular weight is 442 g/mol. The van der Waals surface area contributed by atoms with E-state index in [9.17, 15) is 21.6 Å². The van der Waals surface area contributed by atoms with Gasteiger partial charge in [-0.1, -0.05) is 51.3 Å². The van der Waals surface area contributed by atoms with Gasteiger partial charge < -0.3 is 4.74 Å². The molecule has 0 amide bonds. The number of para-hydroxylation sites is 2. The van der Waals surface area contributed by atoms with Crippen LogP contribution >= 0.6 is 0 Å². The summed E-state index contributed by atoms with van der Waals surface area (Å²) in [6, 6.07) is 10.6. The second kappa shape index (κ2) is 8.88. The highest BCUT2D eigenvalue weighted by Crippen LogP contribution is 2.39. The van der Waals surface area contributed by atoms with Gasteiger partial charge in [-0.05, 0) is 42.7 Å². The van der Waals surface area contributed by atoms with Crippen molar-refractivity contribution in [2.45, 2.75) is 56.7 Å². The van der Waals surface area contributed by atoms with Crippen LogP contribution in [0.1, 0.15) is 45.1 Å². The smallest absolute Gasteiger partial charge is 0.416 e. The molecular weight excluding hydrogens is 415 g/mol. The Bertz CT molecular complexity index is 976. The van der Waals surface area contributed by atoms with E-state index in [-0.39, 0.29) is 23.5 Å². The molecule has 3 rings (SSSR count). The summed E-state index contributed by atoms with van der Waals surface area (Å²) < 4.78 is 73.4. The first kappa shape index (κ1) is 22.5. The van der Waals surface area contributed by atoms with Crippen molar-refractivity contribution in [2.75, 3.05) is 10.8 Å². The number of ether oxygens (including phenoxy) is 1. The topological polar surface area (TPSA) is 46.6 Å². The quantitative estimate of drug-likeness (QED) is 0.504. The molecule has 0 N–H and O–H groups in total. The van der Waals surface area contributed by atoms with Crippen LogP contribution in [-0.4, -0.2) is 21.1 Å². The zero-order valence-electron chi connectivity index (χ0n) is 17.0. The lowest BCUT2D eigenvalue weighted by Crippen LogP contribution is -2.46. The number of rotatable bonds is 7. The molecule has 0 bridgehead atoms. The summed E-state index contributed by atoms with van der Waals surface area (Å²) >= 11 is 0. The molecule has 2 aromatic rings. The number of hydrogen-bond acceptors (Lipinski definition) is 3. The Hall–Kier alpha value is -2.22. The highest BCUT2D eigenvalue weighted by Gasteiger charge is 2.38. The number of anilines is 1. The highest BCUT2D eigenvalue weighted by molar-refractivity contribution is 7.92. The predicted octanol–water partition coefficient (Wildman–Crippen LogP) is 5.88. The molecule has 30 heavy (non-hydrogen) atoms. The van der Waals surface area contributed by atoms with Crippen molar-refractivity contribution in [3.05, 3.63) is 54.1 Å². The second-order valence-corrected chi connectivity index (χ2v) is 9.52. The number of hydrogen-bond donors (Lipinski definition) is 0. The Labute approximate surface area is 175 Å². The molecule has 1 heterocycles. The summed E-state index contributed by atoms with van der Waals surface area (Å²) in [5, 5.41) is 0. The molecule has 0 aliphatic carbocycles. The van der Waals surface area contributed by atoms with Crippen molar-refractivity contribution < 1.29 is 26.3 Å². The number of nitrogens with zero attached hydrogens (tertiary/aromatic N) is 1. The van der Waals surface area contributed by atoms with Gasteiger partial charge >= 0.3 is 6.18 Å². The molecule has 2 unspecified atom stereocenters. The van der Waals surface area contributed by atoms with Crippen LogP contribution in [0.3, 0.4) is 0 Å². The lowest BCUT2D eigenvalue weighted by molar-refractivity contribution is -0.137. The van der Waals surface area contributed by atoms with Crippen molar-refractivity contribution in [1.82, 2.24) is 0 Å². The Morgan fingerprint density at radius 1 is 1.13 bits per heavy atom. The Balaban J connectivity index is 1.96. The zero-order valence-corrected chi connectivity index (χ0v) is 17.8. The minimum absolute atomic E-state index is 0.0584. The third-order valence-electron chi connectivity index (χ3n) is 5.41. The summed E-state index contributed by atoms with van der Waals surface area (Å²) in [6.07, 6.45) is -0.934. The zero-order chi connectivity index (χ0) is 21.9. The average Bonchev–Trinajstić information content (AvgIpc) is 2.72. The minimum atomic E-state index is -4.62. The molecular formula is C22H26F3NO3S. The van der Waals surface area contributed by atoms with Gasteiger partial charge in [0.05, 0.1) is 22.7 Å². The van der Waals surface area contributed by atoms with Crippen molar-refractivity contribution in [1.29, 1.82) is 0 Å². The van der Waals surface area contributed by atoms with Gasteiger partial charge in [-0.2, -0.15) is 13.2 Å². The van der Waals surface area contributed by atoms with Crippen molar-refractivity contribution >= 4 is 15.7 Å². The fraction of sp³-hybridized carbons (Fsp3) is 0.455. The molecule has 1 aliphatic rings. The van der Waals surface area contributed by atoms with Gasteiger partial charge in [-0.3, -0.25) is 4.31 Å². The van der Waals surface area contributed by atoms with Crippen LogP contribution < -0.4 is 9.04 Å². The number of sulfonamides is 1. The van der Waals surface area contributed by atoms with Gasteiger partial charge in [0.25, 0.3) is 10.0 Å². The van der Waals surface area contributed by atoms with Gasteiger partial charge in [-0.25, -0.2) is 8.42 Å². The molecule has 0 spiro atoms. The summed E-state index contributed by atoms with van der Waals surface area (Å²) in [6.45, 7) is 4.19. The van der Waals surface area contributed by atoms with E-state index in [0.29, 0.717) is 17.5 Å². The van der Waals surface area contributed by atoms with E-state index in [2.05, 4.69) is 6.92 Å². The lowest BCUT2D eigenvalue weighted by Gasteiger charge is -2.38. The van der Waals surface area contributed by atoms with Crippen LogP contribution in [0.4, 0.5) is 18.9 Å². The molecule has 0 saturated heterocycles. The Kier molecular flexibility index (Phi) is 6.65. The van der Waals surface area contributed by atoms with Gasteiger partial charge in [0.2, 0.25) is 0 Å². The van der Waals surface area contributed by atoms with Gasteiger partial charge in [0.1, 0.15) is 11.9 Å². The number of alkyl halides is 3. The van der Waals surface area contributed by atoms with Crippen molar-refractivity contribution in [2.24, 2.45) is 5.92 Å². The third kappa shape index (κ3) is 4.74. The third-order valence-corrected chi connectivity index (χ3v) is 7.18. The molecule has 164 valence electrons. The van der Waals surface area contributed by atoms with E-state index >= 15 is 0 Å². The lowest BCUT2D eigenvalue weighted by atomic mass is 9.96. The summed E-state index contributed by atoms with van der Waals surface area (Å²) in [5.41, 5.74) is -0.651. The van der Waals surface area contributed by atoms with E-state index < -0.39 is 21.8 Å². The summed E-state index contributed by atoms with van der Waals surface area (Å²) in [5.74, 6) is 0.524. The maximum absolute atomic E-state index is 13.4. The maximum atomic E-state index is 13.4. The molecule has 2 aromatic carbocycles. The predicted molar refractivity (Wildman–Crippen MR) is 110 cm³/mol. The van der Waals surface area contributed by atoms with E-state index in [0.717, 1.165) is 37.8 Å². The molecule has 4 nitrogen and oxygen atoms in total.